The number of benzene rings is 1. The molecular weight excluding hydrogens is 218 g/mol. The van der Waals surface area contributed by atoms with Gasteiger partial charge in [0.1, 0.15) is 6.07 Å². The van der Waals surface area contributed by atoms with Crippen molar-refractivity contribution in [3.63, 3.8) is 0 Å². The van der Waals surface area contributed by atoms with Gasteiger partial charge in [-0.25, -0.2) is 0 Å². The minimum Gasteiger partial charge on any atom is -0.398 e. The average Bonchev–Trinajstić information content (AvgIpc) is 2.33. The first-order valence-electron chi connectivity index (χ1n) is 5.43. The zero-order valence-electron chi connectivity index (χ0n) is 9.07. The summed E-state index contributed by atoms with van der Waals surface area (Å²) in [6.07, 6.45) is 2.47. The van der Waals surface area contributed by atoms with Crippen molar-refractivity contribution < 1.29 is 0 Å². The Morgan fingerprint density at radius 3 is 3.06 bits per heavy atom. The van der Waals surface area contributed by atoms with Crippen LogP contribution in [0.2, 0.25) is 0 Å². The monoisotopic (exact) mass is 233 g/mol. The Hall–Kier alpha value is -1.34. The second-order valence-corrected chi connectivity index (χ2v) is 5.12. The third-order valence-electron chi connectivity index (χ3n) is 2.70. The quantitative estimate of drug-likeness (QED) is 0.770. The van der Waals surface area contributed by atoms with Gasteiger partial charge in [0.25, 0.3) is 0 Å². The minimum atomic E-state index is 0.522. The van der Waals surface area contributed by atoms with Crippen LogP contribution >= 0.6 is 11.8 Å². The molecule has 0 bridgehead atoms. The Morgan fingerprint density at radius 2 is 2.38 bits per heavy atom. The molecule has 1 heterocycles. The predicted molar refractivity (Wildman–Crippen MR) is 69.5 cm³/mol. The smallest absolute Gasteiger partial charge is 0.101 e. The van der Waals surface area contributed by atoms with Crippen LogP contribution in [0.15, 0.2) is 18.2 Å². The van der Waals surface area contributed by atoms with E-state index < -0.39 is 0 Å². The van der Waals surface area contributed by atoms with Gasteiger partial charge in [0, 0.05) is 23.2 Å². The zero-order chi connectivity index (χ0) is 11.4. The molecule has 4 heteroatoms. The fourth-order valence-electron chi connectivity index (χ4n) is 1.83. The van der Waals surface area contributed by atoms with E-state index >= 15 is 0 Å². The minimum absolute atomic E-state index is 0.522. The van der Waals surface area contributed by atoms with Crippen molar-refractivity contribution in [3.8, 4) is 6.07 Å². The number of nitrogens with zero attached hydrogens (tertiary/aromatic N) is 1. The van der Waals surface area contributed by atoms with Crippen LogP contribution < -0.4 is 11.1 Å². The summed E-state index contributed by atoms with van der Waals surface area (Å²) in [7, 11) is 0. The Kier molecular flexibility index (Phi) is 3.58. The lowest BCUT2D eigenvalue weighted by atomic mass is 10.1. The summed E-state index contributed by atoms with van der Waals surface area (Å²) >= 11 is 1.98. The number of anilines is 2. The lowest BCUT2D eigenvalue weighted by Gasteiger charge is -2.23. The number of hydrogen-bond donors (Lipinski definition) is 2. The number of nitriles is 1. The fraction of sp³-hybridized carbons (Fsp3) is 0.417. The van der Waals surface area contributed by atoms with Crippen molar-refractivity contribution >= 4 is 23.1 Å². The Labute approximate surface area is 100 Å². The van der Waals surface area contributed by atoms with Gasteiger partial charge in [-0.05, 0) is 36.8 Å². The summed E-state index contributed by atoms with van der Waals surface area (Å²) < 4.78 is 0. The molecule has 1 unspecified atom stereocenters. The van der Waals surface area contributed by atoms with E-state index in [2.05, 4.69) is 11.4 Å². The van der Waals surface area contributed by atoms with Gasteiger partial charge < -0.3 is 11.1 Å². The highest BCUT2D eigenvalue weighted by Crippen LogP contribution is 2.23. The number of thioether (sulfide) groups is 1. The lowest BCUT2D eigenvalue weighted by molar-refractivity contribution is 0.685. The summed E-state index contributed by atoms with van der Waals surface area (Å²) in [5.74, 6) is 2.41. The first-order valence-corrected chi connectivity index (χ1v) is 6.59. The second kappa shape index (κ2) is 5.13. The predicted octanol–water partition coefficient (Wildman–Crippen LogP) is 2.45. The van der Waals surface area contributed by atoms with Crippen LogP contribution in [0.5, 0.6) is 0 Å². The van der Waals surface area contributed by atoms with Crippen molar-refractivity contribution in [2.75, 3.05) is 22.6 Å². The van der Waals surface area contributed by atoms with Crippen molar-refractivity contribution in [2.24, 2.45) is 0 Å². The Balaban J connectivity index is 2.06. The van der Waals surface area contributed by atoms with Crippen LogP contribution in [0.1, 0.15) is 18.4 Å². The molecule has 1 aromatic carbocycles. The molecule has 84 valence electrons. The van der Waals surface area contributed by atoms with Gasteiger partial charge in [0.05, 0.1) is 5.56 Å². The van der Waals surface area contributed by atoms with Gasteiger partial charge in [-0.3, -0.25) is 0 Å². The maximum Gasteiger partial charge on any atom is 0.101 e. The number of nitrogens with one attached hydrogen (secondary N) is 1. The van der Waals surface area contributed by atoms with Crippen LogP contribution in [0, 0.1) is 11.3 Å². The number of hydrogen-bond acceptors (Lipinski definition) is 4. The maximum absolute atomic E-state index is 8.89. The molecule has 0 spiro atoms. The van der Waals surface area contributed by atoms with Crippen molar-refractivity contribution in [3.05, 3.63) is 23.8 Å². The Morgan fingerprint density at radius 1 is 1.50 bits per heavy atom. The van der Waals surface area contributed by atoms with Crippen LogP contribution in [0.4, 0.5) is 11.4 Å². The van der Waals surface area contributed by atoms with Gasteiger partial charge in [-0.15, -0.1) is 0 Å². The average molecular weight is 233 g/mol. The third kappa shape index (κ3) is 2.61. The van der Waals surface area contributed by atoms with Crippen LogP contribution in [-0.4, -0.2) is 17.5 Å². The van der Waals surface area contributed by atoms with Gasteiger partial charge in [-0.1, -0.05) is 0 Å². The molecule has 1 aromatic rings. The molecule has 1 atom stereocenters. The standard InChI is InChI=1S/C12H15N3S/c13-7-9-6-10(3-4-12(9)14)15-11-2-1-5-16-8-11/h3-4,6,11,15H,1-2,5,8,14H2. The summed E-state index contributed by atoms with van der Waals surface area (Å²) in [6.45, 7) is 0. The molecule has 0 aliphatic carbocycles. The third-order valence-corrected chi connectivity index (χ3v) is 3.92. The summed E-state index contributed by atoms with van der Waals surface area (Å²) in [5, 5.41) is 12.3. The lowest BCUT2D eigenvalue weighted by Crippen LogP contribution is -2.25. The van der Waals surface area contributed by atoms with E-state index in [-0.39, 0.29) is 0 Å². The van der Waals surface area contributed by atoms with E-state index in [4.69, 9.17) is 11.0 Å². The van der Waals surface area contributed by atoms with E-state index in [9.17, 15) is 0 Å². The van der Waals surface area contributed by atoms with E-state index in [1.807, 2.05) is 23.9 Å². The molecule has 1 saturated heterocycles. The maximum atomic E-state index is 8.89. The van der Waals surface area contributed by atoms with E-state index in [1.54, 1.807) is 6.07 Å². The second-order valence-electron chi connectivity index (χ2n) is 3.97. The highest BCUT2D eigenvalue weighted by molar-refractivity contribution is 7.99. The summed E-state index contributed by atoms with van der Waals surface area (Å²) in [4.78, 5) is 0. The van der Waals surface area contributed by atoms with Crippen LogP contribution in [-0.2, 0) is 0 Å². The molecule has 0 saturated carbocycles. The fourth-order valence-corrected chi connectivity index (χ4v) is 2.91. The molecule has 0 amide bonds. The van der Waals surface area contributed by atoms with E-state index in [0.29, 0.717) is 17.3 Å². The Bertz CT molecular complexity index is 405. The van der Waals surface area contributed by atoms with Crippen LogP contribution in [0.3, 0.4) is 0 Å². The molecular formula is C12H15N3S. The van der Waals surface area contributed by atoms with E-state index in [0.717, 1.165) is 11.4 Å². The molecule has 1 fully saturated rings. The number of nitrogens with two attached hydrogens (primary N) is 1. The topological polar surface area (TPSA) is 61.8 Å². The normalized spacial score (nSPS) is 20.1. The van der Waals surface area contributed by atoms with E-state index in [1.165, 1.54) is 18.6 Å². The zero-order valence-corrected chi connectivity index (χ0v) is 9.89. The molecule has 16 heavy (non-hydrogen) atoms. The van der Waals surface area contributed by atoms with Gasteiger partial charge in [0.15, 0.2) is 0 Å². The molecule has 3 nitrogen and oxygen atoms in total. The van der Waals surface area contributed by atoms with Crippen molar-refractivity contribution in [1.82, 2.24) is 0 Å². The highest BCUT2D eigenvalue weighted by atomic mass is 32.2. The summed E-state index contributed by atoms with van der Waals surface area (Å²) in [6, 6.07) is 8.18. The van der Waals surface area contributed by atoms with Crippen LogP contribution in [0.25, 0.3) is 0 Å². The molecule has 2 rings (SSSR count). The number of rotatable bonds is 2. The van der Waals surface area contributed by atoms with Crippen molar-refractivity contribution in [2.45, 2.75) is 18.9 Å². The molecule has 0 aromatic heterocycles. The molecule has 1 aliphatic rings. The molecule has 1 aliphatic heterocycles. The number of nitrogen functional groups attached to an aromatic ring is 1. The van der Waals surface area contributed by atoms with Gasteiger partial charge >= 0.3 is 0 Å². The van der Waals surface area contributed by atoms with Gasteiger partial charge in [0.2, 0.25) is 0 Å². The highest BCUT2D eigenvalue weighted by Gasteiger charge is 2.13. The summed E-state index contributed by atoms with van der Waals surface area (Å²) in [5.41, 5.74) is 7.77. The van der Waals surface area contributed by atoms with Crippen molar-refractivity contribution in [1.29, 1.82) is 5.26 Å². The first-order chi connectivity index (χ1) is 7.79. The first kappa shape index (κ1) is 11.2. The molecule has 3 N–H and O–H groups in total. The largest absolute Gasteiger partial charge is 0.398 e. The van der Waals surface area contributed by atoms with Gasteiger partial charge in [-0.2, -0.15) is 17.0 Å². The molecule has 0 radical (unpaired) electrons. The SMILES string of the molecule is N#Cc1cc(NC2CCCSC2)ccc1N.